The van der Waals surface area contributed by atoms with E-state index in [1.165, 1.54) is 4.90 Å². The van der Waals surface area contributed by atoms with Crippen LogP contribution >= 0.6 is 0 Å². The van der Waals surface area contributed by atoms with Crippen molar-refractivity contribution in [2.45, 2.75) is 50.0 Å². The Kier molecular flexibility index (Phi) is 11.4. The summed E-state index contributed by atoms with van der Waals surface area (Å²) >= 11 is 0. The summed E-state index contributed by atoms with van der Waals surface area (Å²) in [6.07, 6.45) is -2.64. The highest BCUT2D eigenvalue weighted by Gasteiger charge is 2.62. The van der Waals surface area contributed by atoms with E-state index in [9.17, 15) is 26.4 Å². The average Bonchev–Trinajstić information content (AvgIpc) is 3.55. The lowest BCUT2D eigenvalue weighted by Crippen LogP contribution is -2.52. The van der Waals surface area contributed by atoms with Gasteiger partial charge in [0.2, 0.25) is 0 Å². The first-order chi connectivity index (χ1) is 23.8. The Hall–Kier alpha value is -4.12. The van der Waals surface area contributed by atoms with E-state index in [1.807, 2.05) is 91.0 Å². The largest absolute Gasteiger partial charge is 0.462 e. The number of rotatable bonds is 15. The van der Waals surface area contributed by atoms with E-state index in [0.717, 1.165) is 35.4 Å². The Balaban J connectivity index is 1.63. The molecule has 5 rings (SSSR count). The molecule has 2 bridgehead atoms. The van der Waals surface area contributed by atoms with Crippen LogP contribution in [-0.2, 0) is 62.7 Å². The van der Waals surface area contributed by atoms with Crippen molar-refractivity contribution in [3.05, 3.63) is 119 Å². The van der Waals surface area contributed by atoms with Crippen LogP contribution in [0.25, 0.3) is 0 Å². The molecule has 3 aromatic rings. The van der Waals surface area contributed by atoms with Crippen molar-refractivity contribution in [1.82, 2.24) is 4.90 Å². The first kappa shape index (κ1) is 37.1. The molecule has 268 valence electrons. The molecule has 5 atom stereocenters. The fourth-order valence-electron chi connectivity index (χ4n) is 6.32. The van der Waals surface area contributed by atoms with Gasteiger partial charge >= 0.3 is 11.9 Å². The SMILES string of the molecule is CCOC(=O)C(=CN1[C@@H]2[C@H](OS(C)(=O)=O)[C@@H](OS(C)(=O)=O)[C@H]1O[C@@H]2COC(c1ccccc1)(c1ccccc1)c1ccccc1)C(=O)OCC. The van der Waals surface area contributed by atoms with Crippen LogP contribution in [0.4, 0.5) is 0 Å². The highest BCUT2D eigenvalue weighted by molar-refractivity contribution is 7.86. The quantitative estimate of drug-likeness (QED) is 0.0561. The van der Waals surface area contributed by atoms with Gasteiger partial charge in [-0.2, -0.15) is 16.8 Å². The van der Waals surface area contributed by atoms with Gasteiger partial charge in [0.05, 0.1) is 38.4 Å². The van der Waals surface area contributed by atoms with Crippen molar-refractivity contribution >= 4 is 32.2 Å². The molecular formula is C35H39NO12S2. The summed E-state index contributed by atoms with van der Waals surface area (Å²) in [5.74, 6) is -2.02. The van der Waals surface area contributed by atoms with Gasteiger partial charge in [-0.05, 0) is 30.5 Å². The Labute approximate surface area is 291 Å². The molecule has 2 aliphatic rings. The number of ether oxygens (including phenoxy) is 4. The van der Waals surface area contributed by atoms with Gasteiger partial charge in [0.15, 0.2) is 17.9 Å². The number of carbonyl (C=O) groups excluding carboxylic acids is 2. The second kappa shape index (κ2) is 15.4. The predicted octanol–water partition coefficient (Wildman–Crippen LogP) is 3.10. The molecule has 13 nitrogen and oxygen atoms in total. The summed E-state index contributed by atoms with van der Waals surface area (Å²) in [5.41, 5.74) is 0.621. The smallest absolute Gasteiger partial charge is 0.347 e. The van der Waals surface area contributed by atoms with Crippen molar-refractivity contribution in [1.29, 1.82) is 0 Å². The zero-order valence-corrected chi connectivity index (χ0v) is 29.5. The van der Waals surface area contributed by atoms with Crippen LogP contribution in [0.1, 0.15) is 30.5 Å². The predicted molar refractivity (Wildman–Crippen MR) is 180 cm³/mol. The third kappa shape index (κ3) is 8.09. The highest BCUT2D eigenvalue weighted by Crippen LogP contribution is 2.45. The summed E-state index contributed by atoms with van der Waals surface area (Å²) in [5, 5.41) is 0. The van der Waals surface area contributed by atoms with Gasteiger partial charge in [-0.3, -0.25) is 8.37 Å². The molecule has 0 unspecified atom stereocenters. The van der Waals surface area contributed by atoms with Crippen LogP contribution in [0.2, 0.25) is 0 Å². The highest BCUT2D eigenvalue weighted by atomic mass is 32.2. The maximum atomic E-state index is 13.0. The third-order valence-electron chi connectivity index (χ3n) is 8.12. The van der Waals surface area contributed by atoms with Crippen molar-refractivity contribution < 1.29 is 53.7 Å². The van der Waals surface area contributed by atoms with Gasteiger partial charge < -0.3 is 23.8 Å². The fourth-order valence-corrected chi connectivity index (χ4v) is 7.56. The molecule has 2 fully saturated rings. The van der Waals surface area contributed by atoms with E-state index >= 15 is 0 Å². The van der Waals surface area contributed by atoms with Gasteiger partial charge in [-0.1, -0.05) is 91.0 Å². The van der Waals surface area contributed by atoms with Crippen LogP contribution < -0.4 is 0 Å². The van der Waals surface area contributed by atoms with E-state index < -0.39 is 73.9 Å². The monoisotopic (exact) mass is 729 g/mol. The lowest BCUT2D eigenvalue weighted by Gasteiger charge is -2.38. The molecule has 2 heterocycles. The number of esters is 2. The molecule has 0 saturated carbocycles. The van der Waals surface area contributed by atoms with Gasteiger partial charge in [0.1, 0.15) is 17.8 Å². The van der Waals surface area contributed by atoms with Crippen molar-refractivity contribution in [2.24, 2.45) is 0 Å². The molecule has 2 aliphatic heterocycles. The number of hydrogen-bond acceptors (Lipinski definition) is 13. The molecule has 15 heteroatoms. The van der Waals surface area contributed by atoms with Crippen molar-refractivity contribution in [3.8, 4) is 0 Å². The molecule has 0 N–H and O–H groups in total. The molecule has 0 spiro atoms. The van der Waals surface area contributed by atoms with Crippen LogP contribution in [0.3, 0.4) is 0 Å². The summed E-state index contributed by atoms with van der Waals surface area (Å²) in [6, 6.07) is 27.3. The molecule has 0 aromatic heterocycles. The number of fused-ring (bicyclic) bond motifs is 2. The number of carbonyl (C=O) groups is 2. The molecule has 0 aliphatic carbocycles. The summed E-state index contributed by atoms with van der Waals surface area (Å²) in [4.78, 5) is 27.3. The molecule has 0 amide bonds. The normalized spacial score (nSPS) is 21.8. The Morgan fingerprint density at radius 1 is 0.720 bits per heavy atom. The summed E-state index contributed by atoms with van der Waals surface area (Å²) in [7, 11) is -8.42. The van der Waals surface area contributed by atoms with Crippen LogP contribution in [-0.4, -0.2) is 96.6 Å². The Morgan fingerprint density at radius 2 is 1.14 bits per heavy atom. The zero-order chi connectivity index (χ0) is 36.1. The maximum Gasteiger partial charge on any atom is 0.347 e. The molecule has 3 aromatic carbocycles. The fraction of sp³-hybridized carbons (Fsp3) is 0.371. The number of benzene rings is 3. The topological polar surface area (TPSA) is 161 Å². The van der Waals surface area contributed by atoms with E-state index in [4.69, 9.17) is 27.3 Å². The Morgan fingerprint density at radius 3 is 1.54 bits per heavy atom. The minimum atomic E-state index is -4.22. The lowest BCUT2D eigenvalue weighted by atomic mass is 9.80. The van der Waals surface area contributed by atoms with Crippen LogP contribution in [0.5, 0.6) is 0 Å². The molecule has 2 saturated heterocycles. The maximum absolute atomic E-state index is 13.0. The molecule has 0 radical (unpaired) electrons. The minimum absolute atomic E-state index is 0.0600. The van der Waals surface area contributed by atoms with Gasteiger partial charge in [-0.25, -0.2) is 9.59 Å². The zero-order valence-electron chi connectivity index (χ0n) is 27.9. The van der Waals surface area contributed by atoms with Crippen molar-refractivity contribution in [3.63, 3.8) is 0 Å². The first-order valence-corrected chi connectivity index (χ1v) is 19.5. The van der Waals surface area contributed by atoms with E-state index in [1.54, 1.807) is 13.8 Å². The Bertz CT molecular complexity index is 1770. The summed E-state index contributed by atoms with van der Waals surface area (Å²) < 4.78 is 84.3. The minimum Gasteiger partial charge on any atom is -0.462 e. The number of nitrogens with zero attached hydrogens (tertiary/aromatic N) is 1. The van der Waals surface area contributed by atoms with Crippen LogP contribution in [0, 0.1) is 0 Å². The van der Waals surface area contributed by atoms with Gasteiger partial charge in [0, 0.05) is 6.20 Å². The van der Waals surface area contributed by atoms with Gasteiger partial charge in [-0.15, -0.1) is 0 Å². The average molecular weight is 730 g/mol. The molecule has 50 heavy (non-hydrogen) atoms. The second-order valence-electron chi connectivity index (χ2n) is 11.6. The number of hydrogen-bond donors (Lipinski definition) is 0. The summed E-state index contributed by atoms with van der Waals surface area (Å²) in [6.45, 7) is 2.79. The lowest BCUT2D eigenvalue weighted by molar-refractivity contribution is -0.146. The van der Waals surface area contributed by atoms with E-state index in [2.05, 4.69) is 0 Å². The van der Waals surface area contributed by atoms with E-state index in [-0.39, 0.29) is 19.8 Å². The first-order valence-electron chi connectivity index (χ1n) is 15.8. The van der Waals surface area contributed by atoms with Crippen molar-refractivity contribution in [2.75, 3.05) is 32.3 Å². The van der Waals surface area contributed by atoms with Crippen LogP contribution in [0.15, 0.2) is 103 Å². The molecular weight excluding hydrogens is 691 g/mol. The van der Waals surface area contributed by atoms with Gasteiger partial charge in [0.25, 0.3) is 20.2 Å². The van der Waals surface area contributed by atoms with E-state index in [0.29, 0.717) is 0 Å². The second-order valence-corrected chi connectivity index (χ2v) is 14.8. The standard InChI is InChI=1S/C35H39NO12S2/c1-5-43-33(37)27(34(38)44-6-2)22-36-29-28(46-32(36)31(48-50(4,41)42)30(29)47-49(3,39)40)23-45-35(24-16-10-7-11-17-24,25-18-12-8-13-19-25)26-20-14-9-15-21-26/h7-22,28-32H,5-6,23H2,1-4H3/t28-,29+,30+,31-,32-/m1/s1. The third-order valence-corrected chi connectivity index (χ3v) is 9.26.